The van der Waals surface area contributed by atoms with Gasteiger partial charge >= 0.3 is 0 Å². The summed E-state index contributed by atoms with van der Waals surface area (Å²) < 4.78 is 0.944. The first kappa shape index (κ1) is 16.9. The molecule has 1 fully saturated rings. The van der Waals surface area contributed by atoms with E-state index in [1.807, 2.05) is 84.9 Å². The summed E-state index contributed by atoms with van der Waals surface area (Å²) in [6.07, 6.45) is 0. The van der Waals surface area contributed by atoms with Gasteiger partial charge in [-0.2, -0.15) is 0 Å². The lowest BCUT2D eigenvalue weighted by Crippen LogP contribution is -2.09. The Morgan fingerprint density at radius 3 is 1.50 bits per heavy atom. The summed E-state index contributed by atoms with van der Waals surface area (Å²) >= 11 is 3.58. The van der Waals surface area contributed by atoms with Crippen molar-refractivity contribution in [1.29, 1.82) is 0 Å². The molecule has 1 saturated carbocycles. The zero-order chi connectivity index (χ0) is 18.1. The predicted molar refractivity (Wildman–Crippen MR) is 105 cm³/mol. The molecule has 3 atom stereocenters. The van der Waals surface area contributed by atoms with E-state index in [0.717, 1.165) is 10.0 Å². The zero-order valence-corrected chi connectivity index (χ0v) is 15.6. The van der Waals surface area contributed by atoms with Crippen molar-refractivity contribution in [2.45, 2.75) is 5.92 Å². The minimum Gasteiger partial charge on any atom is -0.294 e. The number of ketones is 2. The first-order valence-electron chi connectivity index (χ1n) is 8.61. The van der Waals surface area contributed by atoms with Gasteiger partial charge in [-0.15, -0.1) is 0 Å². The van der Waals surface area contributed by atoms with Crippen LogP contribution in [0.4, 0.5) is 0 Å². The lowest BCUT2D eigenvalue weighted by Gasteiger charge is -2.03. The monoisotopic (exact) mass is 404 g/mol. The van der Waals surface area contributed by atoms with Crippen molar-refractivity contribution in [2.75, 3.05) is 0 Å². The SMILES string of the molecule is O=C(c1ccccc1)[C@@H]1C(c2ccccc2Br)[C@@H]1C(=O)c1ccccc1. The second-order valence-corrected chi connectivity index (χ2v) is 7.41. The van der Waals surface area contributed by atoms with Gasteiger partial charge in [0.25, 0.3) is 0 Å². The second kappa shape index (κ2) is 7.00. The van der Waals surface area contributed by atoms with Gasteiger partial charge in [-0.25, -0.2) is 0 Å². The molecule has 3 aromatic rings. The molecule has 1 aliphatic rings. The molecule has 0 spiro atoms. The topological polar surface area (TPSA) is 34.1 Å². The Bertz CT molecular complexity index is 893. The molecule has 3 heteroatoms. The quantitative estimate of drug-likeness (QED) is 0.522. The van der Waals surface area contributed by atoms with Crippen LogP contribution in [0, 0.1) is 11.8 Å². The molecule has 0 aromatic heterocycles. The Labute approximate surface area is 161 Å². The summed E-state index contributed by atoms with van der Waals surface area (Å²) in [5.41, 5.74) is 2.35. The first-order valence-corrected chi connectivity index (χ1v) is 9.40. The van der Waals surface area contributed by atoms with Crippen molar-refractivity contribution in [2.24, 2.45) is 11.8 Å². The number of benzene rings is 3. The molecule has 26 heavy (non-hydrogen) atoms. The van der Waals surface area contributed by atoms with Gasteiger partial charge in [0.05, 0.1) is 0 Å². The molecule has 0 aliphatic heterocycles. The molecule has 0 saturated heterocycles. The third kappa shape index (κ3) is 3.04. The van der Waals surface area contributed by atoms with E-state index in [0.29, 0.717) is 11.1 Å². The third-order valence-electron chi connectivity index (χ3n) is 5.01. The molecule has 1 unspecified atom stereocenters. The van der Waals surface area contributed by atoms with Crippen LogP contribution in [0.25, 0.3) is 0 Å². The fourth-order valence-corrected chi connectivity index (χ4v) is 4.23. The number of hydrogen-bond donors (Lipinski definition) is 0. The normalized spacial score (nSPS) is 21.2. The van der Waals surface area contributed by atoms with Gasteiger partial charge < -0.3 is 0 Å². The van der Waals surface area contributed by atoms with Crippen LogP contribution in [-0.4, -0.2) is 11.6 Å². The summed E-state index contributed by atoms with van der Waals surface area (Å²) in [6.45, 7) is 0. The van der Waals surface area contributed by atoms with Gasteiger partial charge in [-0.1, -0.05) is 94.8 Å². The Hall–Kier alpha value is -2.52. The van der Waals surface area contributed by atoms with Crippen molar-refractivity contribution in [3.05, 3.63) is 106 Å². The number of carbonyl (C=O) groups is 2. The van der Waals surface area contributed by atoms with E-state index < -0.39 is 0 Å². The van der Waals surface area contributed by atoms with Crippen LogP contribution in [-0.2, 0) is 0 Å². The van der Waals surface area contributed by atoms with Crippen molar-refractivity contribution >= 4 is 27.5 Å². The Morgan fingerprint density at radius 1 is 0.615 bits per heavy atom. The van der Waals surface area contributed by atoms with E-state index >= 15 is 0 Å². The number of rotatable bonds is 5. The Kier molecular flexibility index (Phi) is 4.56. The third-order valence-corrected chi connectivity index (χ3v) is 5.73. The van der Waals surface area contributed by atoms with E-state index in [9.17, 15) is 9.59 Å². The highest BCUT2D eigenvalue weighted by Crippen LogP contribution is 2.58. The lowest BCUT2D eigenvalue weighted by atomic mass is 10.0. The molecular weight excluding hydrogens is 388 g/mol. The van der Waals surface area contributed by atoms with E-state index in [4.69, 9.17) is 0 Å². The van der Waals surface area contributed by atoms with Crippen LogP contribution in [0.5, 0.6) is 0 Å². The second-order valence-electron chi connectivity index (χ2n) is 6.56. The van der Waals surface area contributed by atoms with Gasteiger partial charge in [0, 0.05) is 33.4 Å². The van der Waals surface area contributed by atoms with Crippen molar-refractivity contribution in [3.63, 3.8) is 0 Å². The van der Waals surface area contributed by atoms with Crippen molar-refractivity contribution in [1.82, 2.24) is 0 Å². The van der Waals surface area contributed by atoms with Crippen molar-refractivity contribution < 1.29 is 9.59 Å². The van der Waals surface area contributed by atoms with Crippen LogP contribution < -0.4 is 0 Å². The largest absolute Gasteiger partial charge is 0.294 e. The molecule has 0 N–H and O–H groups in total. The molecular formula is C23H17BrO2. The van der Waals surface area contributed by atoms with Gasteiger partial charge in [-0.3, -0.25) is 9.59 Å². The first-order chi connectivity index (χ1) is 12.7. The molecule has 1 aliphatic carbocycles. The van der Waals surface area contributed by atoms with Gasteiger partial charge in [0.15, 0.2) is 11.6 Å². The fraction of sp³-hybridized carbons (Fsp3) is 0.130. The van der Waals surface area contributed by atoms with E-state index in [1.54, 1.807) is 0 Å². The summed E-state index contributed by atoms with van der Waals surface area (Å²) in [5.74, 6) is -0.639. The minimum absolute atomic E-state index is 0.0423. The van der Waals surface area contributed by atoms with Crippen LogP contribution >= 0.6 is 15.9 Å². The maximum atomic E-state index is 13.1. The summed E-state index contributed by atoms with van der Waals surface area (Å²) in [7, 11) is 0. The average Bonchev–Trinajstić information content (AvgIpc) is 3.43. The van der Waals surface area contributed by atoms with Crippen LogP contribution in [0.2, 0.25) is 0 Å². The number of Topliss-reactive ketones (excluding diaryl/α,β-unsaturated/α-hetero) is 2. The standard InChI is InChI=1S/C23H17BrO2/c24-18-14-8-7-13-17(18)19-20(22(25)15-9-3-1-4-10-15)21(19)23(26)16-11-5-2-6-12-16/h1-14,19-21H/t19?,20-,21+. The zero-order valence-electron chi connectivity index (χ0n) is 14.0. The number of carbonyl (C=O) groups excluding carboxylic acids is 2. The molecule has 0 amide bonds. The average molecular weight is 405 g/mol. The minimum atomic E-state index is -0.316. The van der Waals surface area contributed by atoms with E-state index in [2.05, 4.69) is 15.9 Å². The van der Waals surface area contributed by atoms with Gasteiger partial charge in [0.1, 0.15) is 0 Å². The highest BCUT2D eigenvalue weighted by molar-refractivity contribution is 9.10. The molecule has 2 nitrogen and oxygen atoms in total. The van der Waals surface area contributed by atoms with Crippen molar-refractivity contribution in [3.8, 4) is 0 Å². The summed E-state index contributed by atoms with van der Waals surface area (Å²) in [5, 5.41) is 0. The molecule has 0 heterocycles. The number of halogens is 1. The predicted octanol–water partition coefficient (Wildman–Crippen LogP) is 5.54. The van der Waals surface area contributed by atoms with E-state index in [1.165, 1.54) is 0 Å². The highest BCUT2D eigenvalue weighted by Gasteiger charge is 2.59. The molecule has 4 rings (SSSR count). The maximum absolute atomic E-state index is 13.1. The fourth-order valence-electron chi connectivity index (χ4n) is 3.69. The van der Waals surface area contributed by atoms with Gasteiger partial charge in [-0.05, 0) is 11.6 Å². The Balaban J connectivity index is 1.71. The Morgan fingerprint density at radius 2 is 1.04 bits per heavy atom. The van der Waals surface area contributed by atoms with Crippen LogP contribution in [0.3, 0.4) is 0 Å². The van der Waals surface area contributed by atoms with Crippen LogP contribution in [0.15, 0.2) is 89.4 Å². The summed E-state index contributed by atoms with van der Waals surface area (Å²) in [6, 6.07) is 26.4. The molecule has 0 radical (unpaired) electrons. The van der Waals surface area contributed by atoms with Gasteiger partial charge in [0.2, 0.25) is 0 Å². The van der Waals surface area contributed by atoms with E-state index in [-0.39, 0.29) is 29.3 Å². The highest BCUT2D eigenvalue weighted by atomic mass is 79.9. The lowest BCUT2D eigenvalue weighted by molar-refractivity contribution is 0.0906. The molecule has 128 valence electrons. The smallest absolute Gasteiger partial charge is 0.167 e. The van der Waals surface area contributed by atoms with Crippen LogP contribution in [0.1, 0.15) is 32.2 Å². The maximum Gasteiger partial charge on any atom is 0.167 e. The molecule has 0 bridgehead atoms. The number of hydrogen-bond acceptors (Lipinski definition) is 2. The molecule has 3 aromatic carbocycles. The summed E-state index contributed by atoms with van der Waals surface area (Å²) in [4.78, 5) is 26.2.